The first-order valence-corrected chi connectivity index (χ1v) is 8.90. The normalized spacial score (nSPS) is 18.4. The first-order valence-electron chi connectivity index (χ1n) is 8.90. The maximum Gasteiger partial charge on any atom is 0.321 e. The van der Waals surface area contributed by atoms with Crippen molar-refractivity contribution in [2.75, 3.05) is 0 Å². The van der Waals surface area contributed by atoms with Crippen LogP contribution in [0, 0.1) is 5.82 Å². The lowest BCUT2D eigenvalue weighted by atomic mass is 9.86. The molecule has 0 aliphatic carbocycles. The minimum atomic E-state index is -1.39. The number of fused-ring (bicyclic) bond motifs is 2. The van der Waals surface area contributed by atoms with Gasteiger partial charge in [-0.2, -0.15) is 0 Å². The smallest absolute Gasteiger partial charge is 0.321 e. The summed E-state index contributed by atoms with van der Waals surface area (Å²) in [4.78, 5) is 30.5. The second kappa shape index (κ2) is 6.89. The molecular weight excluding hydrogens is 363 g/mol. The number of halogens is 1. The Morgan fingerprint density at radius 3 is 2.68 bits per heavy atom. The van der Waals surface area contributed by atoms with Gasteiger partial charge in [-0.15, -0.1) is 0 Å². The zero-order chi connectivity index (χ0) is 20.7. The predicted molar refractivity (Wildman–Crippen MR) is 102 cm³/mol. The fraction of sp³-hybridized carbons (Fsp3) is 0.381. The van der Waals surface area contributed by atoms with E-state index >= 15 is 0 Å². The van der Waals surface area contributed by atoms with Crippen LogP contribution in [0.15, 0.2) is 36.5 Å². The van der Waals surface area contributed by atoms with Crippen molar-refractivity contribution < 1.29 is 23.5 Å². The van der Waals surface area contributed by atoms with Gasteiger partial charge in [-0.05, 0) is 58.4 Å². The Kier molecular flexibility index (Phi) is 4.87. The fourth-order valence-corrected chi connectivity index (χ4v) is 2.92. The van der Waals surface area contributed by atoms with Gasteiger partial charge in [-0.25, -0.2) is 4.39 Å². The zero-order valence-electron chi connectivity index (χ0n) is 16.4. The van der Waals surface area contributed by atoms with Gasteiger partial charge in [0.2, 0.25) is 0 Å². The standard InChI is InChI=1S/C21H22FN2O4/c1-20(2,3)28-19(26)16-13-7-6-10-23-18(13)24-14-11-12(22)8-9-15(14)27-21(4,5)17(16)25/h6-11,16H,1-5H3/q-1. The average Bonchev–Trinajstić information content (AvgIpc) is 2.59. The maximum atomic E-state index is 13.8. The number of carbonyl (C=O) groups is 2. The van der Waals surface area contributed by atoms with Crippen LogP contribution in [0.5, 0.6) is 5.75 Å². The van der Waals surface area contributed by atoms with E-state index in [0.29, 0.717) is 0 Å². The van der Waals surface area contributed by atoms with Crippen molar-refractivity contribution in [3.8, 4) is 5.75 Å². The quantitative estimate of drug-likeness (QED) is 0.524. The lowest BCUT2D eigenvalue weighted by molar-refractivity contribution is -0.160. The lowest BCUT2D eigenvalue weighted by Gasteiger charge is -2.30. The van der Waals surface area contributed by atoms with Gasteiger partial charge in [0.05, 0.1) is 0 Å². The Bertz CT molecular complexity index is 934. The summed E-state index contributed by atoms with van der Waals surface area (Å²) in [6.07, 6.45) is 1.49. The number of hydrogen-bond acceptors (Lipinski definition) is 5. The van der Waals surface area contributed by atoms with Gasteiger partial charge in [-0.1, -0.05) is 24.1 Å². The van der Waals surface area contributed by atoms with E-state index in [-0.39, 0.29) is 22.8 Å². The summed E-state index contributed by atoms with van der Waals surface area (Å²) < 4.78 is 25.1. The molecule has 0 saturated carbocycles. The summed E-state index contributed by atoms with van der Waals surface area (Å²) >= 11 is 0. The number of nitrogens with zero attached hydrogens (tertiary/aromatic N) is 2. The van der Waals surface area contributed by atoms with Crippen molar-refractivity contribution in [1.29, 1.82) is 0 Å². The third-order valence-electron chi connectivity index (χ3n) is 4.14. The van der Waals surface area contributed by atoms with Gasteiger partial charge in [-0.3, -0.25) is 9.59 Å². The maximum absolute atomic E-state index is 13.8. The highest BCUT2D eigenvalue weighted by atomic mass is 19.1. The number of hydrogen-bond donors (Lipinski definition) is 0. The molecule has 1 unspecified atom stereocenters. The number of ketones is 1. The monoisotopic (exact) mass is 385 g/mol. The Labute approximate surface area is 163 Å². The van der Waals surface area contributed by atoms with Crippen molar-refractivity contribution in [3.63, 3.8) is 0 Å². The molecule has 1 atom stereocenters. The Morgan fingerprint density at radius 1 is 1.29 bits per heavy atom. The topological polar surface area (TPSA) is 79.6 Å². The minimum Gasteiger partial charge on any atom is -0.480 e. The average molecular weight is 385 g/mol. The molecule has 0 radical (unpaired) electrons. The molecule has 148 valence electrons. The first kappa shape index (κ1) is 19.8. The molecule has 1 aromatic heterocycles. The van der Waals surface area contributed by atoms with Gasteiger partial charge in [0.15, 0.2) is 11.4 Å². The number of ether oxygens (including phenoxy) is 2. The van der Waals surface area contributed by atoms with Gasteiger partial charge >= 0.3 is 5.97 Å². The van der Waals surface area contributed by atoms with E-state index in [1.807, 2.05) is 0 Å². The molecule has 1 aliphatic heterocycles. The number of esters is 1. The number of benzene rings is 1. The van der Waals surface area contributed by atoms with Crippen LogP contribution in [0.2, 0.25) is 0 Å². The molecular formula is C21H22FN2O4-. The summed E-state index contributed by atoms with van der Waals surface area (Å²) in [5.74, 6) is -2.63. The molecule has 0 N–H and O–H groups in total. The van der Waals surface area contributed by atoms with Crippen molar-refractivity contribution in [1.82, 2.24) is 4.98 Å². The highest BCUT2D eigenvalue weighted by molar-refractivity contribution is 6.09. The third kappa shape index (κ3) is 3.98. The molecule has 0 amide bonds. The van der Waals surface area contributed by atoms with E-state index in [0.717, 1.165) is 0 Å². The molecule has 1 aliphatic rings. The molecule has 2 aromatic rings. The van der Waals surface area contributed by atoms with Crippen LogP contribution in [0.1, 0.15) is 46.1 Å². The summed E-state index contributed by atoms with van der Waals surface area (Å²) in [5.41, 5.74) is -1.70. The highest BCUT2D eigenvalue weighted by Crippen LogP contribution is 2.45. The van der Waals surface area contributed by atoms with Crippen LogP contribution in [0.4, 0.5) is 15.9 Å². The predicted octanol–water partition coefficient (Wildman–Crippen LogP) is 4.72. The third-order valence-corrected chi connectivity index (χ3v) is 4.14. The van der Waals surface area contributed by atoms with E-state index in [1.165, 1.54) is 24.4 Å². The second-order valence-electron chi connectivity index (χ2n) is 8.08. The van der Waals surface area contributed by atoms with Gasteiger partial charge in [0.25, 0.3) is 0 Å². The van der Waals surface area contributed by atoms with Crippen LogP contribution in [-0.2, 0) is 14.3 Å². The highest BCUT2D eigenvalue weighted by Gasteiger charge is 2.43. The lowest BCUT2D eigenvalue weighted by Crippen LogP contribution is -2.45. The molecule has 6 nitrogen and oxygen atoms in total. The van der Waals surface area contributed by atoms with E-state index in [1.54, 1.807) is 46.8 Å². The molecule has 0 spiro atoms. The Hall–Kier alpha value is -2.96. The summed E-state index contributed by atoms with van der Waals surface area (Å²) in [5, 5.41) is 4.38. The number of rotatable bonds is 1. The van der Waals surface area contributed by atoms with E-state index in [9.17, 15) is 14.0 Å². The first-order chi connectivity index (χ1) is 13.0. The van der Waals surface area contributed by atoms with Gasteiger partial charge in [0.1, 0.15) is 23.1 Å². The van der Waals surface area contributed by atoms with Crippen LogP contribution in [0.25, 0.3) is 5.32 Å². The van der Waals surface area contributed by atoms with E-state index in [4.69, 9.17) is 9.47 Å². The second-order valence-corrected chi connectivity index (χ2v) is 8.08. The van der Waals surface area contributed by atoms with Crippen molar-refractivity contribution in [2.45, 2.75) is 51.7 Å². The molecule has 1 aromatic carbocycles. The molecule has 2 heterocycles. The summed E-state index contributed by atoms with van der Waals surface area (Å²) in [6, 6.07) is 7.02. The van der Waals surface area contributed by atoms with Crippen LogP contribution >= 0.6 is 0 Å². The van der Waals surface area contributed by atoms with Crippen LogP contribution in [0.3, 0.4) is 0 Å². The fourth-order valence-electron chi connectivity index (χ4n) is 2.92. The molecule has 3 rings (SSSR count). The summed E-state index contributed by atoms with van der Waals surface area (Å²) in [7, 11) is 0. The van der Waals surface area contributed by atoms with Crippen molar-refractivity contribution in [3.05, 3.63) is 53.2 Å². The van der Waals surface area contributed by atoms with Crippen LogP contribution < -0.4 is 4.74 Å². The Balaban J connectivity index is 2.19. The zero-order valence-corrected chi connectivity index (χ0v) is 16.4. The van der Waals surface area contributed by atoms with Crippen molar-refractivity contribution in [2.24, 2.45) is 0 Å². The van der Waals surface area contributed by atoms with Gasteiger partial charge in [0, 0.05) is 5.69 Å². The summed E-state index contributed by atoms with van der Waals surface area (Å²) in [6.45, 7) is 8.28. The number of Topliss-reactive ketones (excluding diaryl/α,β-unsaturated/α-hetero) is 1. The van der Waals surface area contributed by atoms with E-state index in [2.05, 4.69) is 10.3 Å². The molecule has 28 heavy (non-hydrogen) atoms. The molecule has 0 bridgehead atoms. The van der Waals surface area contributed by atoms with E-state index < -0.39 is 34.7 Å². The Morgan fingerprint density at radius 2 is 2.00 bits per heavy atom. The molecule has 7 heteroatoms. The largest absolute Gasteiger partial charge is 0.480 e. The SMILES string of the molecule is CC(C)(C)OC(=O)C1C(=O)C(C)(C)Oc2ccc(F)cc2[N-]c2ncccc21. The number of aromatic nitrogens is 1. The van der Waals surface area contributed by atoms with Gasteiger partial charge < -0.3 is 19.8 Å². The molecule has 0 fully saturated rings. The van der Waals surface area contributed by atoms with Crippen LogP contribution in [-0.4, -0.2) is 27.9 Å². The number of carbonyl (C=O) groups excluding carboxylic acids is 2. The minimum absolute atomic E-state index is 0.139. The van der Waals surface area contributed by atoms with Crippen molar-refractivity contribution >= 4 is 23.3 Å². The molecule has 0 saturated heterocycles. The number of pyridine rings is 1.